The average molecular weight is 208 g/mol. The topological polar surface area (TPSA) is 44.0 Å². The quantitative estimate of drug-likeness (QED) is 0.788. The Morgan fingerprint density at radius 3 is 2.93 bits per heavy atom. The van der Waals surface area contributed by atoms with E-state index < -0.39 is 0 Å². The monoisotopic (exact) mass is 208 g/mol. The highest BCUT2D eigenvalue weighted by molar-refractivity contribution is 5.31. The van der Waals surface area contributed by atoms with Crippen LogP contribution in [0.25, 0.3) is 0 Å². The summed E-state index contributed by atoms with van der Waals surface area (Å²) in [6.07, 6.45) is 5.89. The molecule has 0 unspecified atom stereocenters. The molecular weight excluding hydrogens is 188 g/mol. The molecule has 4 heteroatoms. The maximum absolute atomic E-state index is 4.42. The number of piperidine rings is 1. The van der Waals surface area contributed by atoms with Gasteiger partial charge in [0, 0.05) is 19.6 Å². The van der Waals surface area contributed by atoms with Crippen molar-refractivity contribution < 1.29 is 0 Å². The molecule has 0 amide bonds. The SMILES string of the molecule is CCNCc1cnc(N2CCCCC2)[nH]1. The van der Waals surface area contributed by atoms with E-state index in [9.17, 15) is 0 Å². The summed E-state index contributed by atoms with van der Waals surface area (Å²) in [6, 6.07) is 0. The molecule has 0 atom stereocenters. The second-order valence-electron chi connectivity index (χ2n) is 4.06. The van der Waals surface area contributed by atoms with E-state index in [1.165, 1.54) is 25.0 Å². The van der Waals surface area contributed by atoms with Crippen molar-refractivity contribution in [3.8, 4) is 0 Å². The molecule has 1 saturated heterocycles. The van der Waals surface area contributed by atoms with E-state index in [1.54, 1.807) is 0 Å². The van der Waals surface area contributed by atoms with Gasteiger partial charge in [0.25, 0.3) is 0 Å². The highest BCUT2D eigenvalue weighted by Gasteiger charge is 2.13. The standard InChI is InChI=1S/C11H20N4/c1-2-12-8-10-9-13-11(14-10)15-6-4-3-5-7-15/h9,12H,2-8H2,1H3,(H,13,14). The Labute approximate surface area is 91.1 Å². The zero-order valence-electron chi connectivity index (χ0n) is 9.42. The van der Waals surface area contributed by atoms with Gasteiger partial charge in [0.05, 0.1) is 11.9 Å². The van der Waals surface area contributed by atoms with Crippen molar-refractivity contribution in [2.75, 3.05) is 24.5 Å². The first-order chi connectivity index (χ1) is 7.40. The number of anilines is 1. The number of H-pyrrole nitrogens is 1. The summed E-state index contributed by atoms with van der Waals surface area (Å²) >= 11 is 0. The van der Waals surface area contributed by atoms with Crippen LogP contribution in [-0.2, 0) is 6.54 Å². The molecule has 4 nitrogen and oxygen atoms in total. The summed E-state index contributed by atoms with van der Waals surface area (Å²) in [6.45, 7) is 6.29. The lowest BCUT2D eigenvalue weighted by Gasteiger charge is -2.25. The van der Waals surface area contributed by atoms with E-state index >= 15 is 0 Å². The maximum Gasteiger partial charge on any atom is 0.202 e. The van der Waals surface area contributed by atoms with Gasteiger partial charge in [0.2, 0.25) is 5.95 Å². The van der Waals surface area contributed by atoms with Gasteiger partial charge >= 0.3 is 0 Å². The molecule has 0 aliphatic carbocycles. The third-order valence-electron chi connectivity index (χ3n) is 2.84. The number of aromatic amines is 1. The van der Waals surface area contributed by atoms with Gasteiger partial charge in [-0.3, -0.25) is 0 Å². The van der Waals surface area contributed by atoms with Gasteiger partial charge in [0.15, 0.2) is 0 Å². The Kier molecular flexibility index (Phi) is 3.61. The first-order valence-electron chi connectivity index (χ1n) is 5.89. The largest absolute Gasteiger partial charge is 0.342 e. The number of hydrogen-bond donors (Lipinski definition) is 2. The number of hydrogen-bond acceptors (Lipinski definition) is 3. The Bertz CT molecular complexity index is 289. The van der Waals surface area contributed by atoms with Gasteiger partial charge in [-0.05, 0) is 25.8 Å². The molecule has 15 heavy (non-hydrogen) atoms. The van der Waals surface area contributed by atoms with Crippen molar-refractivity contribution >= 4 is 5.95 Å². The van der Waals surface area contributed by atoms with Crippen LogP contribution in [0.5, 0.6) is 0 Å². The molecule has 2 N–H and O–H groups in total. The van der Waals surface area contributed by atoms with E-state index in [2.05, 4.69) is 27.1 Å². The van der Waals surface area contributed by atoms with E-state index in [4.69, 9.17) is 0 Å². The Hall–Kier alpha value is -1.03. The molecule has 0 bridgehead atoms. The van der Waals surface area contributed by atoms with Crippen molar-refractivity contribution in [2.45, 2.75) is 32.7 Å². The average Bonchev–Trinajstić information content (AvgIpc) is 2.76. The molecule has 1 aromatic heterocycles. The van der Waals surface area contributed by atoms with Gasteiger partial charge in [0.1, 0.15) is 0 Å². The normalized spacial score (nSPS) is 17.0. The lowest BCUT2D eigenvalue weighted by molar-refractivity contribution is 0.569. The third-order valence-corrected chi connectivity index (χ3v) is 2.84. The number of nitrogens with one attached hydrogen (secondary N) is 2. The Morgan fingerprint density at radius 1 is 1.40 bits per heavy atom. The predicted octanol–water partition coefficient (Wildman–Crippen LogP) is 1.51. The van der Waals surface area contributed by atoms with E-state index in [-0.39, 0.29) is 0 Å². The van der Waals surface area contributed by atoms with Crippen LogP contribution in [0, 0.1) is 0 Å². The smallest absolute Gasteiger partial charge is 0.202 e. The summed E-state index contributed by atoms with van der Waals surface area (Å²) in [7, 11) is 0. The zero-order valence-corrected chi connectivity index (χ0v) is 9.42. The first-order valence-corrected chi connectivity index (χ1v) is 5.89. The first kappa shape index (κ1) is 10.5. The zero-order chi connectivity index (χ0) is 10.5. The van der Waals surface area contributed by atoms with Crippen LogP contribution in [0.4, 0.5) is 5.95 Å². The van der Waals surface area contributed by atoms with E-state index in [0.717, 1.165) is 32.1 Å². The minimum Gasteiger partial charge on any atom is -0.342 e. The highest BCUT2D eigenvalue weighted by atomic mass is 15.3. The van der Waals surface area contributed by atoms with Crippen molar-refractivity contribution in [2.24, 2.45) is 0 Å². The minimum absolute atomic E-state index is 0.886. The van der Waals surface area contributed by atoms with E-state index in [1.807, 2.05) is 6.20 Å². The highest BCUT2D eigenvalue weighted by Crippen LogP contribution is 2.15. The molecule has 1 fully saturated rings. The van der Waals surface area contributed by atoms with Gasteiger partial charge in [-0.25, -0.2) is 4.98 Å². The summed E-state index contributed by atoms with van der Waals surface area (Å²) < 4.78 is 0. The summed E-state index contributed by atoms with van der Waals surface area (Å²) in [4.78, 5) is 10.1. The second-order valence-corrected chi connectivity index (χ2v) is 4.06. The van der Waals surface area contributed by atoms with Crippen LogP contribution in [-0.4, -0.2) is 29.6 Å². The van der Waals surface area contributed by atoms with Crippen molar-refractivity contribution in [3.05, 3.63) is 11.9 Å². The van der Waals surface area contributed by atoms with Crippen molar-refractivity contribution in [3.63, 3.8) is 0 Å². The fourth-order valence-electron chi connectivity index (χ4n) is 1.96. The van der Waals surface area contributed by atoms with Crippen LogP contribution < -0.4 is 10.2 Å². The summed E-state index contributed by atoms with van der Waals surface area (Å²) in [5.74, 6) is 1.04. The molecule has 2 heterocycles. The molecule has 1 aliphatic heterocycles. The maximum atomic E-state index is 4.42. The fourth-order valence-corrected chi connectivity index (χ4v) is 1.96. The number of nitrogens with zero attached hydrogens (tertiary/aromatic N) is 2. The molecule has 84 valence electrons. The van der Waals surface area contributed by atoms with Gasteiger partial charge < -0.3 is 15.2 Å². The molecule has 1 aromatic rings. The molecule has 1 aliphatic rings. The lowest BCUT2D eigenvalue weighted by Crippen LogP contribution is -2.30. The molecule has 2 rings (SSSR count). The summed E-state index contributed by atoms with van der Waals surface area (Å²) in [5.41, 5.74) is 1.18. The van der Waals surface area contributed by atoms with Crippen LogP contribution in [0.1, 0.15) is 31.9 Å². The molecule has 0 spiro atoms. The molecule has 0 aromatic carbocycles. The van der Waals surface area contributed by atoms with Gasteiger partial charge in [-0.1, -0.05) is 6.92 Å². The second kappa shape index (κ2) is 5.16. The molecular formula is C11H20N4. The third kappa shape index (κ3) is 2.72. The van der Waals surface area contributed by atoms with Crippen molar-refractivity contribution in [1.29, 1.82) is 0 Å². The lowest BCUT2D eigenvalue weighted by atomic mass is 10.1. The van der Waals surface area contributed by atoms with Crippen LogP contribution in [0.3, 0.4) is 0 Å². The number of aromatic nitrogens is 2. The summed E-state index contributed by atoms with van der Waals surface area (Å²) in [5, 5.41) is 3.29. The Morgan fingerprint density at radius 2 is 2.20 bits per heavy atom. The van der Waals surface area contributed by atoms with Crippen molar-refractivity contribution in [1.82, 2.24) is 15.3 Å². The minimum atomic E-state index is 0.886. The number of imidazole rings is 1. The Balaban J connectivity index is 1.93. The van der Waals surface area contributed by atoms with Crippen LogP contribution in [0.2, 0.25) is 0 Å². The predicted molar refractivity (Wildman–Crippen MR) is 62.0 cm³/mol. The van der Waals surface area contributed by atoms with Crippen LogP contribution in [0.15, 0.2) is 6.20 Å². The van der Waals surface area contributed by atoms with Gasteiger partial charge in [-0.2, -0.15) is 0 Å². The molecule has 0 saturated carbocycles. The molecule has 0 radical (unpaired) electrons. The fraction of sp³-hybridized carbons (Fsp3) is 0.727. The van der Waals surface area contributed by atoms with Gasteiger partial charge in [-0.15, -0.1) is 0 Å². The van der Waals surface area contributed by atoms with E-state index in [0.29, 0.717) is 0 Å². The van der Waals surface area contributed by atoms with Crippen LogP contribution >= 0.6 is 0 Å². The number of rotatable bonds is 4.